The normalized spacial score (nSPS) is 43.2. The second kappa shape index (κ2) is 10.0. The Kier molecular flexibility index (Phi) is 7.60. The maximum atomic E-state index is 12.3. The molecule has 0 aliphatic heterocycles. The van der Waals surface area contributed by atoms with E-state index in [0.29, 0.717) is 41.9 Å². The molecule has 10 atom stereocenters. The summed E-state index contributed by atoms with van der Waals surface area (Å²) in [7, 11) is 1.45. The van der Waals surface area contributed by atoms with Gasteiger partial charge in [-0.3, -0.25) is 14.4 Å². The molecule has 0 aromatic heterocycles. The van der Waals surface area contributed by atoms with E-state index in [1.165, 1.54) is 33.3 Å². The Balaban J connectivity index is 1.58. The Morgan fingerprint density at radius 1 is 0.914 bits per heavy atom. The molecule has 4 rings (SSSR count). The fourth-order valence-corrected chi connectivity index (χ4v) is 9.48. The van der Waals surface area contributed by atoms with Crippen LogP contribution in [0.4, 0.5) is 0 Å². The van der Waals surface area contributed by atoms with Gasteiger partial charge in [0.05, 0.1) is 7.11 Å². The molecule has 0 radical (unpaired) electrons. The Labute approximate surface area is 211 Å². The van der Waals surface area contributed by atoms with Crippen LogP contribution >= 0.6 is 0 Å². The van der Waals surface area contributed by atoms with Gasteiger partial charge in [0.15, 0.2) is 0 Å². The number of ether oxygens (including phenoxy) is 3. The first-order valence-electron chi connectivity index (χ1n) is 13.9. The van der Waals surface area contributed by atoms with Crippen LogP contribution in [0.1, 0.15) is 98.8 Å². The highest BCUT2D eigenvalue weighted by atomic mass is 16.5. The number of methoxy groups -OCH3 is 1. The Morgan fingerprint density at radius 3 is 2.29 bits per heavy atom. The van der Waals surface area contributed by atoms with Crippen molar-refractivity contribution in [1.82, 2.24) is 0 Å². The fraction of sp³-hybridized carbons (Fsp3) is 0.897. The molecule has 198 valence electrons. The van der Waals surface area contributed by atoms with Crippen LogP contribution in [0.15, 0.2) is 0 Å². The fourth-order valence-electron chi connectivity index (χ4n) is 9.48. The number of carbonyl (C=O) groups is 3. The Morgan fingerprint density at radius 2 is 1.63 bits per heavy atom. The molecule has 6 nitrogen and oxygen atoms in total. The van der Waals surface area contributed by atoms with Crippen LogP contribution in [-0.4, -0.2) is 37.2 Å². The second-order valence-electron chi connectivity index (χ2n) is 12.6. The van der Waals surface area contributed by atoms with Crippen LogP contribution in [0, 0.1) is 46.3 Å². The number of hydrogen-bond acceptors (Lipinski definition) is 6. The van der Waals surface area contributed by atoms with E-state index in [0.717, 1.165) is 38.5 Å². The summed E-state index contributed by atoms with van der Waals surface area (Å²) in [5, 5.41) is 0. The van der Waals surface area contributed by atoms with Gasteiger partial charge < -0.3 is 14.2 Å². The minimum absolute atomic E-state index is 0.0479. The number of carbonyl (C=O) groups excluding carboxylic acids is 3. The van der Waals surface area contributed by atoms with Crippen LogP contribution in [0.5, 0.6) is 0 Å². The summed E-state index contributed by atoms with van der Waals surface area (Å²) in [4.78, 5) is 35.7. The highest BCUT2D eigenvalue weighted by Gasteiger charge is 2.65. The molecule has 4 saturated carbocycles. The molecule has 0 amide bonds. The van der Waals surface area contributed by atoms with Gasteiger partial charge >= 0.3 is 17.9 Å². The van der Waals surface area contributed by atoms with Crippen molar-refractivity contribution in [1.29, 1.82) is 0 Å². The van der Waals surface area contributed by atoms with Crippen LogP contribution in [0.25, 0.3) is 0 Å². The molecule has 0 heterocycles. The van der Waals surface area contributed by atoms with Crippen molar-refractivity contribution < 1.29 is 28.6 Å². The summed E-state index contributed by atoms with van der Waals surface area (Å²) in [5.74, 6) is 2.60. The molecule has 4 aliphatic rings. The molecule has 1 unspecified atom stereocenters. The average molecular weight is 491 g/mol. The molecule has 0 N–H and O–H groups in total. The molecular weight excluding hydrogens is 444 g/mol. The monoisotopic (exact) mass is 490 g/mol. The lowest BCUT2D eigenvalue weighted by atomic mass is 9.43. The summed E-state index contributed by atoms with van der Waals surface area (Å²) in [6.45, 7) is 10.2. The zero-order valence-electron chi connectivity index (χ0n) is 22.6. The van der Waals surface area contributed by atoms with Gasteiger partial charge in [-0.05, 0) is 98.7 Å². The van der Waals surface area contributed by atoms with E-state index in [1.807, 2.05) is 0 Å². The third-order valence-corrected chi connectivity index (χ3v) is 11.1. The van der Waals surface area contributed by atoms with E-state index in [1.54, 1.807) is 6.92 Å². The molecular formula is C29H46O6. The van der Waals surface area contributed by atoms with Crippen LogP contribution in [0.2, 0.25) is 0 Å². The predicted octanol–water partition coefficient (Wildman–Crippen LogP) is 5.71. The SMILES string of the molecule is COC(=O)CC[C@@H](C)[C@H]1CC[C@H]2[C@@H]3CCC4C[C@@H](OC(C)=O)CC[C@]4(C)[C@H]3C[C@H](OC(C)=O)[C@]12C. The van der Waals surface area contributed by atoms with Gasteiger partial charge in [-0.25, -0.2) is 0 Å². The number of hydrogen-bond donors (Lipinski definition) is 0. The smallest absolute Gasteiger partial charge is 0.305 e. The zero-order valence-corrected chi connectivity index (χ0v) is 22.6. The molecule has 0 saturated heterocycles. The van der Waals surface area contributed by atoms with Crippen molar-refractivity contribution >= 4 is 17.9 Å². The van der Waals surface area contributed by atoms with Gasteiger partial charge in [0.1, 0.15) is 12.2 Å². The summed E-state index contributed by atoms with van der Waals surface area (Å²) in [5.41, 5.74) is 0.147. The maximum Gasteiger partial charge on any atom is 0.305 e. The van der Waals surface area contributed by atoms with Crippen LogP contribution < -0.4 is 0 Å². The van der Waals surface area contributed by atoms with Gasteiger partial charge in [0.25, 0.3) is 0 Å². The summed E-state index contributed by atoms with van der Waals surface area (Å²) in [6.07, 6.45) is 9.87. The van der Waals surface area contributed by atoms with E-state index in [-0.39, 0.29) is 40.9 Å². The standard InChI is InChI=1S/C29H46O6/c1-17(7-12-27(32)33-6)23-10-11-24-22-9-8-20-15-21(34-18(2)30)13-14-28(20,4)25(22)16-26(29(23,24)5)35-19(3)31/h17,20-26H,7-16H2,1-6H3/t17-,20?,21+,22+,23-,24+,25+,26+,28+,29-/m1/s1. The Hall–Kier alpha value is -1.59. The first-order valence-corrected chi connectivity index (χ1v) is 13.9. The van der Waals surface area contributed by atoms with Gasteiger partial charge in [-0.1, -0.05) is 20.8 Å². The molecule has 0 aromatic carbocycles. The lowest BCUT2D eigenvalue weighted by Crippen LogP contribution is -2.59. The first-order chi connectivity index (χ1) is 16.5. The predicted molar refractivity (Wildman–Crippen MR) is 132 cm³/mol. The zero-order chi connectivity index (χ0) is 25.5. The van der Waals surface area contributed by atoms with E-state index >= 15 is 0 Å². The minimum atomic E-state index is -0.183. The van der Waals surface area contributed by atoms with Crippen LogP contribution in [-0.2, 0) is 28.6 Å². The topological polar surface area (TPSA) is 78.9 Å². The van der Waals surface area contributed by atoms with Gasteiger partial charge in [0.2, 0.25) is 0 Å². The first kappa shape index (κ1) is 26.5. The molecule has 4 fully saturated rings. The van der Waals surface area contributed by atoms with Crippen molar-refractivity contribution in [3.8, 4) is 0 Å². The third kappa shape index (κ3) is 4.75. The summed E-state index contributed by atoms with van der Waals surface area (Å²) < 4.78 is 16.7. The highest BCUT2D eigenvalue weighted by molar-refractivity contribution is 5.69. The van der Waals surface area contributed by atoms with E-state index in [4.69, 9.17) is 14.2 Å². The van der Waals surface area contributed by atoms with Gasteiger partial charge in [-0.15, -0.1) is 0 Å². The van der Waals surface area contributed by atoms with Crippen LogP contribution in [0.3, 0.4) is 0 Å². The third-order valence-electron chi connectivity index (χ3n) is 11.1. The molecule has 0 spiro atoms. The van der Waals surface area contributed by atoms with E-state index in [2.05, 4.69) is 20.8 Å². The maximum absolute atomic E-state index is 12.3. The summed E-state index contributed by atoms with van der Waals surface area (Å²) in [6, 6.07) is 0. The molecule has 6 heteroatoms. The van der Waals surface area contributed by atoms with Gasteiger partial charge in [0, 0.05) is 25.7 Å². The number of fused-ring (bicyclic) bond motifs is 5. The van der Waals surface area contributed by atoms with E-state index < -0.39 is 0 Å². The van der Waals surface area contributed by atoms with Crippen molar-refractivity contribution in [2.24, 2.45) is 46.3 Å². The Bertz CT molecular complexity index is 824. The molecule has 0 bridgehead atoms. The lowest BCUT2D eigenvalue weighted by molar-refractivity contribution is -0.197. The number of esters is 3. The van der Waals surface area contributed by atoms with Crippen molar-refractivity contribution in [2.75, 3.05) is 7.11 Å². The quantitative estimate of drug-likeness (QED) is 0.351. The second-order valence-corrected chi connectivity index (χ2v) is 12.6. The van der Waals surface area contributed by atoms with Gasteiger partial charge in [-0.2, -0.15) is 0 Å². The average Bonchev–Trinajstić information content (AvgIpc) is 3.16. The molecule has 4 aliphatic carbocycles. The van der Waals surface area contributed by atoms with Crippen molar-refractivity contribution in [3.05, 3.63) is 0 Å². The highest BCUT2D eigenvalue weighted by Crippen LogP contribution is 2.69. The summed E-state index contributed by atoms with van der Waals surface area (Å²) >= 11 is 0. The molecule has 0 aromatic rings. The lowest BCUT2D eigenvalue weighted by Gasteiger charge is -2.62. The minimum Gasteiger partial charge on any atom is -0.469 e. The van der Waals surface area contributed by atoms with E-state index in [9.17, 15) is 14.4 Å². The number of rotatable bonds is 6. The van der Waals surface area contributed by atoms with Crippen molar-refractivity contribution in [3.63, 3.8) is 0 Å². The molecule has 35 heavy (non-hydrogen) atoms. The van der Waals surface area contributed by atoms with Crippen molar-refractivity contribution in [2.45, 2.75) is 111 Å². The largest absolute Gasteiger partial charge is 0.469 e.